The molecule has 2 rings (SSSR count). The van der Waals surface area contributed by atoms with Crippen LogP contribution >= 0.6 is 22.9 Å². The Kier molecular flexibility index (Phi) is 1.74. The minimum atomic E-state index is -2.63. The highest BCUT2D eigenvalue weighted by atomic mass is 127. The van der Waals surface area contributed by atoms with E-state index in [0.29, 0.717) is 11.5 Å². The number of hydrogen-bond acceptors (Lipinski definition) is 3. The van der Waals surface area contributed by atoms with Crippen LogP contribution in [0.5, 0.6) is 0 Å². The Balaban J connectivity index is 2.08. The quantitative estimate of drug-likeness (QED) is 0.480. The molecule has 1 spiro atoms. The van der Waals surface area contributed by atoms with Gasteiger partial charge in [-0.3, -0.25) is 0 Å². The molecule has 0 aromatic rings. The highest BCUT2D eigenvalue weighted by molar-refractivity contribution is 14.1. The lowest BCUT2D eigenvalue weighted by atomic mass is 9.91. The largest absolute Gasteiger partial charge is 0.247 e. The van der Waals surface area contributed by atoms with E-state index in [9.17, 15) is 8.42 Å². The van der Waals surface area contributed by atoms with Crippen molar-refractivity contribution in [3.8, 4) is 0 Å². The molecule has 0 radical (unpaired) electrons. The maximum Gasteiger partial charge on any atom is 0.151 e. The molecule has 3 nitrogen and oxygen atoms in total. The van der Waals surface area contributed by atoms with Crippen LogP contribution in [0.4, 0.5) is 0 Å². The second-order valence-corrected chi connectivity index (χ2v) is 7.06. The van der Waals surface area contributed by atoms with E-state index in [2.05, 4.69) is 26.0 Å². The standard InChI is InChI=1S/C6H10INO2S/c7-8-2-1-6(3-8)4-11(9,10)5-6/h1-5H2. The van der Waals surface area contributed by atoms with E-state index in [1.54, 1.807) is 0 Å². The van der Waals surface area contributed by atoms with Gasteiger partial charge in [0, 0.05) is 41.4 Å². The zero-order chi connectivity index (χ0) is 8.11. The summed E-state index contributed by atoms with van der Waals surface area (Å²) in [6, 6.07) is 0. The molecule has 0 bridgehead atoms. The average molecular weight is 287 g/mol. The van der Waals surface area contributed by atoms with Gasteiger partial charge in [0.2, 0.25) is 0 Å². The van der Waals surface area contributed by atoms with Crippen molar-refractivity contribution in [1.29, 1.82) is 0 Å². The molecule has 2 heterocycles. The maximum atomic E-state index is 10.9. The molecule has 11 heavy (non-hydrogen) atoms. The Morgan fingerprint density at radius 3 is 2.36 bits per heavy atom. The number of halogens is 1. The zero-order valence-corrected chi connectivity index (χ0v) is 9.06. The van der Waals surface area contributed by atoms with Crippen molar-refractivity contribution in [2.75, 3.05) is 24.6 Å². The van der Waals surface area contributed by atoms with Gasteiger partial charge in [0.1, 0.15) is 0 Å². The van der Waals surface area contributed by atoms with Crippen molar-refractivity contribution in [3.05, 3.63) is 0 Å². The average Bonchev–Trinajstić information content (AvgIpc) is 2.08. The summed E-state index contributed by atoms with van der Waals surface area (Å²) in [5, 5.41) is 0. The van der Waals surface area contributed by atoms with Gasteiger partial charge in [-0.25, -0.2) is 11.5 Å². The van der Waals surface area contributed by atoms with Gasteiger partial charge >= 0.3 is 0 Å². The molecule has 2 fully saturated rings. The van der Waals surface area contributed by atoms with E-state index in [-0.39, 0.29) is 5.41 Å². The first kappa shape index (κ1) is 8.25. The Bertz CT molecular complexity index is 262. The molecule has 64 valence electrons. The number of nitrogens with zero attached hydrogens (tertiary/aromatic N) is 1. The van der Waals surface area contributed by atoms with E-state index < -0.39 is 9.84 Å². The van der Waals surface area contributed by atoms with Crippen molar-refractivity contribution in [2.24, 2.45) is 5.41 Å². The maximum absolute atomic E-state index is 10.9. The molecule has 0 saturated carbocycles. The minimum Gasteiger partial charge on any atom is -0.247 e. The van der Waals surface area contributed by atoms with E-state index in [4.69, 9.17) is 0 Å². The lowest BCUT2D eigenvalue weighted by molar-refractivity contribution is 0.357. The highest BCUT2D eigenvalue weighted by Gasteiger charge is 2.51. The van der Waals surface area contributed by atoms with Crippen molar-refractivity contribution < 1.29 is 8.42 Å². The molecule has 2 aliphatic heterocycles. The molecule has 0 N–H and O–H groups in total. The summed E-state index contributed by atoms with van der Waals surface area (Å²) in [7, 11) is -2.63. The number of rotatable bonds is 0. The third-order valence-corrected chi connectivity index (χ3v) is 5.37. The molecule has 0 atom stereocenters. The van der Waals surface area contributed by atoms with Gasteiger partial charge in [0.15, 0.2) is 9.84 Å². The van der Waals surface area contributed by atoms with E-state index in [0.717, 1.165) is 19.5 Å². The van der Waals surface area contributed by atoms with Crippen LogP contribution in [0.3, 0.4) is 0 Å². The molecule has 0 amide bonds. The van der Waals surface area contributed by atoms with Gasteiger partial charge in [0.05, 0.1) is 11.5 Å². The van der Waals surface area contributed by atoms with E-state index in [1.165, 1.54) is 0 Å². The molecule has 0 unspecified atom stereocenters. The van der Waals surface area contributed by atoms with Crippen molar-refractivity contribution in [1.82, 2.24) is 3.11 Å². The van der Waals surface area contributed by atoms with Crippen LogP contribution in [-0.2, 0) is 9.84 Å². The first-order valence-corrected chi connectivity index (χ1v) is 6.41. The fraction of sp³-hybridized carbons (Fsp3) is 1.00. The summed E-state index contributed by atoms with van der Waals surface area (Å²) in [5.74, 6) is 0.860. The zero-order valence-electron chi connectivity index (χ0n) is 6.09. The Morgan fingerprint density at radius 1 is 1.36 bits per heavy atom. The predicted octanol–water partition coefficient (Wildman–Crippen LogP) is 0.457. The van der Waals surface area contributed by atoms with Crippen LogP contribution < -0.4 is 0 Å². The van der Waals surface area contributed by atoms with Crippen molar-refractivity contribution in [2.45, 2.75) is 6.42 Å². The van der Waals surface area contributed by atoms with Crippen molar-refractivity contribution in [3.63, 3.8) is 0 Å². The van der Waals surface area contributed by atoms with E-state index >= 15 is 0 Å². The van der Waals surface area contributed by atoms with Gasteiger partial charge < -0.3 is 0 Å². The predicted molar refractivity (Wildman–Crippen MR) is 51.3 cm³/mol. The van der Waals surface area contributed by atoms with Crippen LogP contribution in [0, 0.1) is 5.41 Å². The minimum absolute atomic E-state index is 0.153. The molecule has 0 aromatic heterocycles. The summed E-state index contributed by atoms with van der Waals surface area (Å²) < 4.78 is 24.1. The Hall–Kier alpha value is 0.640. The lowest BCUT2D eigenvalue weighted by Crippen LogP contribution is -2.49. The van der Waals surface area contributed by atoms with Crippen LogP contribution in [0.15, 0.2) is 0 Å². The highest BCUT2D eigenvalue weighted by Crippen LogP contribution is 2.42. The summed E-state index contributed by atoms with van der Waals surface area (Å²) in [6.07, 6.45) is 1.06. The molecule has 5 heteroatoms. The fourth-order valence-corrected chi connectivity index (χ4v) is 5.22. The number of hydrogen-bond donors (Lipinski definition) is 0. The first-order chi connectivity index (χ1) is 5.02. The molecule has 2 saturated heterocycles. The lowest BCUT2D eigenvalue weighted by Gasteiger charge is -2.36. The van der Waals surface area contributed by atoms with Crippen LogP contribution in [0.1, 0.15) is 6.42 Å². The summed E-state index contributed by atoms with van der Waals surface area (Å²) >= 11 is 2.26. The summed E-state index contributed by atoms with van der Waals surface area (Å²) in [6.45, 7) is 2.02. The normalized spacial score (nSPS) is 33.9. The van der Waals surface area contributed by atoms with Crippen LogP contribution in [-0.4, -0.2) is 36.1 Å². The molecular formula is C6H10INO2S. The Labute approximate surface area is 80.6 Å². The molecule has 0 aliphatic carbocycles. The van der Waals surface area contributed by atoms with Gasteiger partial charge in [-0.15, -0.1) is 0 Å². The third kappa shape index (κ3) is 1.42. The molecular weight excluding hydrogens is 277 g/mol. The monoisotopic (exact) mass is 287 g/mol. The van der Waals surface area contributed by atoms with Gasteiger partial charge in [-0.2, -0.15) is 0 Å². The Morgan fingerprint density at radius 2 is 2.00 bits per heavy atom. The second-order valence-electron chi connectivity index (χ2n) is 3.63. The van der Waals surface area contributed by atoms with E-state index in [1.807, 2.05) is 0 Å². The van der Waals surface area contributed by atoms with Crippen molar-refractivity contribution >= 4 is 32.7 Å². The SMILES string of the molecule is O=S1(=O)CC2(CCN(I)C2)C1. The van der Waals surface area contributed by atoms with Crippen LogP contribution in [0.2, 0.25) is 0 Å². The number of sulfone groups is 1. The van der Waals surface area contributed by atoms with Gasteiger partial charge in [0.25, 0.3) is 0 Å². The summed E-state index contributed by atoms with van der Waals surface area (Å²) in [5.41, 5.74) is 0.153. The third-order valence-electron chi connectivity index (χ3n) is 2.44. The second kappa shape index (κ2) is 2.32. The first-order valence-electron chi connectivity index (χ1n) is 3.63. The smallest absolute Gasteiger partial charge is 0.151 e. The topological polar surface area (TPSA) is 37.4 Å². The summed E-state index contributed by atoms with van der Waals surface area (Å²) in [4.78, 5) is 0. The van der Waals surface area contributed by atoms with Gasteiger partial charge in [-0.05, 0) is 6.42 Å². The molecule has 0 aromatic carbocycles. The fourth-order valence-electron chi connectivity index (χ4n) is 2.01. The van der Waals surface area contributed by atoms with Gasteiger partial charge in [-0.1, -0.05) is 0 Å². The van der Waals surface area contributed by atoms with Crippen LogP contribution in [0.25, 0.3) is 0 Å². The molecule has 2 aliphatic rings.